The molecule has 3 rings (SSSR count). The van der Waals surface area contributed by atoms with Crippen molar-refractivity contribution >= 4 is 0 Å². The molecule has 1 aromatic carbocycles. The first-order chi connectivity index (χ1) is 10.3. The molecule has 1 aliphatic carbocycles. The number of ether oxygens (including phenoxy) is 1. The van der Waals surface area contributed by atoms with Crippen LogP contribution in [0.25, 0.3) is 0 Å². The quantitative estimate of drug-likeness (QED) is 0.921. The van der Waals surface area contributed by atoms with Crippen LogP contribution in [0, 0.1) is 0 Å². The molecule has 116 valence electrons. The number of hydrogen-bond donors (Lipinski definition) is 1. The second-order valence-electron chi connectivity index (χ2n) is 6.30. The molecule has 2 atom stereocenters. The second kappa shape index (κ2) is 6.80. The summed E-state index contributed by atoms with van der Waals surface area (Å²) in [5.41, 5.74) is 2.95. The smallest absolute Gasteiger partial charge is 0.119 e. The van der Waals surface area contributed by atoms with E-state index in [0.717, 1.165) is 12.3 Å². The molecular weight excluding hydrogens is 260 g/mol. The molecule has 2 aliphatic rings. The summed E-state index contributed by atoms with van der Waals surface area (Å²) in [5, 5.41) is 3.74. The SMILES string of the molecule is CCNC1c2ccc(OC)cc2CCC1N1CCCCC1. The van der Waals surface area contributed by atoms with Crippen molar-refractivity contribution in [1.29, 1.82) is 0 Å². The highest BCUT2D eigenvalue weighted by molar-refractivity contribution is 5.40. The fraction of sp³-hybridized carbons (Fsp3) is 0.667. The number of likely N-dealkylation sites (N-methyl/N-ethyl adjacent to an activating group) is 1. The monoisotopic (exact) mass is 288 g/mol. The number of fused-ring (bicyclic) bond motifs is 1. The van der Waals surface area contributed by atoms with E-state index in [1.807, 2.05) is 0 Å². The lowest BCUT2D eigenvalue weighted by molar-refractivity contribution is 0.117. The average Bonchev–Trinajstić information content (AvgIpc) is 2.55. The number of benzene rings is 1. The lowest BCUT2D eigenvalue weighted by Gasteiger charge is -2.43. The van der Waals surface area contributed by atoms with Crippen LogP contribution in [-0.4, -0.2) is 37.7 Å². The molecule has 0 aromatic heterocycles. The average molecular weight is 288 g/mol. The maximum atomic E-state index is 5.39. The molecule has 21 heavy (non-hydrogen) atoms. The predicted molar refractivity (Wildman–Crippen MR) is 86.9 cm³/mol. The zero-order chi connectivity index (χ0) is 14.7. The van der Waals surface area contributed by atoms with Gasteiger partial charge in [0.2, 0.25) is 0 Å². The summed E-state index contributed by atoms with van der Waals surface area (Å²) in [6.07, 6.45) is 6.58. The van der Waals surface area contributed by atoms with E-state index in [1.54, 1.807) is 7.11 Å². The van der Waals surface area contributed by atoms with Crippen molar-refractivity contribution in [2.24, 2.45) is 0 Å². The molecule has 1 aromatic rings. The van der Waals surface area contributed by atoms with Gasteiger partial charge in [0.15, 0.2) is 0 Å². The van der Waals surface area contributed by atoms with Gasteiger partial charge in [-0.2, -0.15) is 0 Å². The second-order valence-corrected chi connectivity index (χ2v) is 6.30. The van der Waals surface area contributed by atoms with Crippen molar-refractivity contribution in [2.75, 3.05) is 26.7 Å². The molecule has 3 heteroatoms. The fourth-order valence-corrected chi connectivity index (χ4v) is 4.02. The molecule has 1 N–H and O–H groups in total. The molecule has 0 radical (unpaired) electrons. The van der Waals surface area contributed by atoms with Gasteiger partial charge in [0.1, 0.15) is 5.75 Å². The maximum absolute atomic E-state index is 5.39. The Kier molecular flexibility index (Phi) is 4.81. The van der Waals surface area contributed by atoms with Crippen LogP contribution in [0.15, 0.2) is 18.2 Å². The third kappa shape index (κ3) is 3.09. The van der Waals surface area contributed by atoms with Crippen molar-refractivity contribution in [3.8, 4) is 5.75 Å². The molecule has 2 unspecified atom stereocenters. The number of hydrogen-bond acceptors (Lipinski definition) is 3. The Labute approximate surface area is 128 Å². The number of aryl methyl sites for hydroxylation is 1. The zero-order valence-corrected chi connectivity index (χ0v) is 13.4. The van der Waals surface area contributed by atoms with Gasteiger partial charge in [0, 0.05) is 12.1 Å². The van der Waals surface area contributed by atoms with Crippen LogP contribution in [0.4, 0.5) is 0 Å². The molecule has 0 bridgehead atoms. The van der Waals surface area contributed by atoms with E-state index in [-0.39, 0.29) is 0 Å². The van der Waals surface area contributed by atoms with Crippen molar-refractivity contribution in [3.05, 3.63) is 29.3 Å². The topological polar surface area (TPSA) is 24.5 Å². The number of nitrogens with zero attached hydrogens (tertiary/aromatic N) is 1. The molecule has 1 aliphatic heterocycles. The maximum Gasteiger partial charge on any atom is 0.119 e. The predicted octanol–water partition coefficient (Wildman–Crippen LogP) is 3.15. The van der Waals surface area contributed by atoms with Gasteiger partial charge < -0.3 is 10.1 Å². The normalized spacial score (nSPS) is 26.4. The minimum atomic E-state index is 0.475. The van der Waals surface area contributed by atoms with Gasteiger partial charge in [0.05, 0.1) is 7.11 Å². The number of rotatable bonds is 4. The Balaban J connectivity index is 1.86. The lowest BCUT2D eigenvalue weighted by Crippen LogP contribution is -2.49. The van der Waals surface area contributed by atoms with Gasteiger partial charge in [-0.1, -0.05) is 19.4 Å². The van der Waals surface area contributed by atoms with E-state index in [9.17, 15) is 0 Å². The van der Waals surface area contributed by atoms with E-state index in [2.05, 4.69) is 35.3 Å². The van der Waals surface area contributed by atoms with E-state index in [1.165, 1.54) is 56.3 Å². The first-order valence-electron chi connectivity index (χ1n) is 8.47. The lowest BCUT2D eigenvalue weighted by atomic mass is 9.82. The van der Waals surface area contributed by atoms with Gasteiger partial charge in [0.25, 0.3) is 0 Å². The summed E-state index contributed by atoms with van der Waals surface area (Å²) in [6.45, 7) is 5.79. The molecular formula is C18H28N2O. The van der Waals surface area contributed by atoms with E-state index in [0.29, 0.717) is 12.1 Å². The van der Waals surface area contributed by atoms with Crippen LogP contribution in [-0.2, 0) is 6.42 Å². The fourth-order valence-electron chi connectivity index (χ4n) is 4.02. The minimum Gasteiger partial charge on any atom is -0.497 e. The van der Waals surface area contributed by atoms with Gasteiger partial charge >= 0.3 is 0 Å². The summed E-state index contributed by atoms with van der Waals surface area (Å²) in [4.78, 5) is 2.73. The van der Waals surface area contributed by atoms with Crippen LogP contribution >= 0.6 is 0 Å². The first kappa shape index (κ1) is 14.9. The molecule has 3 nitrogen and oxygen atoms in total. The van der Waals surface area contributed by atoms with Crippen molar-refractivity contribution < 1.29 is 4.74 Å². The molecule has 0 saturated carbocycles. The van der Waals surface area contributed by atoms with Gasteiger partial charge in [-0.15, -0.1) is 0 Å². The third-order valence-electron chi connectivity index (χ3n) is 5.06. The van der Waals surface area contributed by atoms with Crippen LogP contribution in [0.5, 0.6) is 5.75 Å². The van der Waals surface area contributed by atoms with Crippen molar-refractivity contribution in [3.63, 3.8) is 0 Å². The zero-order valence-electron chi connectivity index (χ0n) is 13.4. The standard InChI is InChI=1S/C18H28N2O/c1-3-19-18-16-9-8-15(21-2)13-14(16)7-10-17(18)20-11-5-4-6-12-20/h8-9,13,17-19H,3-7,10-12H2,1-2H3. The number of likely N-dealkylation sites (tertiary alicyclic amines) is 1. The van der Waals surface area contributed by atoms with Crippen LogP contribution in [0.3, 0.4) is 0 Å². The van der Waals surface area contributed by atoms with E-state index in [4.69, 9.17) is 4.74 Å². The van der Waals surface area contributed by atoms with Gasteiger partial charge in [-0.05, 0) is 68.6 Å². The van der Waals surface area contributed by atoms with E-state index < -0.39 is 0 Å². The summed E-state index contributed by atoms with van der Waals surface area (Å²) in [6, 6.07) is 7.75. The number of nitrogens with one attached hydrogen (secondary N) is 1. The van der Waals surface area contributed by atoms with Crippen LogP contribution in [0.2, 0.25) is 0 Å². The number of piperidine rings is 1. The van der Waals surface area contributed by atoms with E-state index >= 15 is 0 Å². The van der Waals surface area contributed by atoms with Crippen LogP contribution < -0.4 is 10.1 Å². The Hall–Kier alpha value is -1.06. The van der Waals surface area contributed by atoms with Gasteiger partial charge in [-0.3, -0.25) is 4.90 Å². The van der Waals surface area contributed by atoms with Crippen LogP contribution in [0.1, 0.15) is 49.8 Å². The summed E-state index contributed by atoms with van der Waals surface area (Å²) in [5.74, 6) is 0.987. The largest absolute Gasteiger partial charge is 0.497 e. The molecule has 0 spiro atoms. The Morgan fingerprint density at radius 2 is 2.05 bits per heavy atom. The molecule has 1 fully saturated rings. The number of methoxy groups -OCH3 is 1. The highest BCUT2D eigenvalue weighted by atomic mass is 16.5. The summed E-state index contributed by atoms with van der Waals surface area (Å²) in [7, 11) is 1.75. The van der Waals surface area contributed by atoms with Crippen molar-refractivity contribution in [1.82, 2.24) is 10.2 Å². The summed E-state index contributed by atoms with van der Waals surface area (Å²) >= 11 is 0. The molecule has 1 saturated heterocycles. The highest BCUT2D eigenvalue weighted by Crippen LogP contribution is 2.35. The molecule has 0 amide bonds. The first-order valence-corrected chi connectivity index (χ1v) is 8.47. The third-order valence-corrected chi connectivity index (χ3v) is 5.06. The Morgan fingerprint density at radius 3 is 2.76 bits per heavy atom. The Bertz CT molecular complexity index is 468. The Morgan fingerprint density at radius 1 is 1.24 bits per heavy atom. The summed E-state index contributed by atoms with van der Waals surface area (Å²) < 4.78 is 5.39. The van der Waals surface area contributed by atoms with Gasteiger partial charge in [-0.25, -0.2) is 0 Å². The van der Waals surface area contributed by atoms with Crippen molar-refractivity contribution in [2.45, 2.75) is 51.1 Å². The molecule has 1 heterocycles. The minimum absolute atomic E-state index is 0.475. The highest BCUT2D eigenvalue weighted by Gasteiger charge is 2.33.